The normalized spacial score (nSPS) is 10.7. The van der Waals surface area contributed by atoms with Gasteiger partial charge in [-0.2, -0.15) is 0 Å². The number of rotatable bonds is 1. The van der Waals surface area contributed by atoms with Crippen LogP contribution in [0.5, 0.6) is 0 Å². The van der Waals surface area contributed by atoms with Crippen molar-refractivity contribution in [3.05, 3.63) is 52.2 Å². The third kappa shape index (κ3) is 2.15. The van der Waals surface area contributed by atoms with Crippen molar-refractivity contribution < 1.29 is 0 Å². The lowest BCUT2D eigenvalue weighted by atomic mass is 10.1. The monoisotopic (exact) mass is 347 g/mol. The van der Waals surface area contributed by atoms with E-state index in [1.54, 1.807) is 6.20 Å². The predicted octanol–water partition coefficient (Wildman–Crippen LogP) is 3.48. The molecule has 0 aliphatic carbocycles. The number of hydrogen-bond donors (Lipinski definition) is 1. The lowest BCUT2D eigenvalue weighted by Crippen LogP contribution is -1.90. The van der Waals surface area contributed by atoms with Gasteiger partial charge in [-0.15, -0.1) is 0 Å². The maximum Gasteiger partial charge on any atom is 0.0897 e. The Morgan fingerprint density at radius 3 is 2.50 bits per heavy atom. The van der Waals surface area contributed by atoms with Crippen molar-refractivity contribution >= 4 is 39.3 Å². The maximum atomic E-state index is 5.68. The van der Waals surface area contributed by atoms with Crippen LogP contribution in [0.1, 0.15) is 0 Å². The van der Waals surface area contributed by atoms with Gasteiger partial charge in [-0.05, 0) is 52.9 Å². The second-order valence-electron chi connectivity index (χ2n) is 4.01. The van der Waals surface area contributed by atoms with Gasteiger partial charge in [0.2, 0.25) is 0 Å². The topological polar surface area (TPSA) is 51.8 Å². The van der Waals surface area contributed by atoms with Gasteiger partial charge in [0.15, 0.2) is 0 Å². The Morgan fingerprint density at radius 1 is 0.944 bits per heavy atom. The fraction of sp³-hybridized carbons (Fsp3) is 0. The summed E-state index contributed by atoms with van der Waals surface area (Å²) in [6, 6.07) is 13.7. The molecule has 3 rings (SSSR count). The van der Waals surface area contributed by atoms with Crippen LogP contribution in [0, 0.1) is 3.57 Å². The zero-order valence-electron chi connectivity index (χ0n) is 9.47. The number of halogens is 1. The zero-order chi connectivity index (χ0) is 12.5. The van der Waals surface area contributed by atoms with Crippen LogP contribution < -0.4 is 5.73 Å². The summed E-state index contributed by atoms with van der Waals surface area (Å²) in [5, 5.41) is 0. The van der Waals surface area contributed by atoms with E-state index in [1.165, 1.54) is 0 Å². The van der Waals surface area contributed by atoms with Crippen molar-refractivity contribution in [3.63, 3.8) is 0 Å². The van der Waals surface area contributed by atoms with Crippen LogP contribution in [0.25, 0.3) is 22.3 Å². The summed E-state index contributed by atoms with van der Waals surface area (Å²) in [6.45, 7) is 0. The van der Waals surface area contributed by atoms with E-state index in [1.807, 2.05) is 42.5 Å². The Kier molecular flexibility index (Phi) is 2.87. The van der Waals surface area contributed by atoms with E-state index in [-0.39, 0.29) is 0 Å². The van der Waals surface area contributed by atoms with Crippen molar-refractivity contribution in [2.45, 2.75) is 0 Å². The van der Waals surface area contributed by atoms with Gasteiger partial charge in [0.1, 0.15) is 0 Å². The van der Waals surface area contributed by atoms with Crippen LogP contribution in [0.2, 0.25) is 0 Å². The summed E-state index contributed by atoms with van der Waals surface area (Å²) < 4.78 is 1.16. The zero-order valence-corrected chi connectivity index (χ0v) is 11.6. The first-order valence-electron chi connectivity index (χ1n) is 5.50. The highest BCUT2D eigenvalue weighted by atomic mass is 127. The summed E-state index contributed by atoms with van der Waals surface area (Å²) >= 11 is 2.27. The minimum Gasteiger partial charge on any atom is -0.399 e. The molecule has 0 unspecified atom stereocenters. The molecule has 3 nitrogen and oxygen atoms in total. The molecule has 4 heteroatoms. The Bertz CT molecular complexity index is 708. The molecule has 3 aromatic rings. The highest BCUT2D eigenvalue weighted by Crippen LogP contribution is 2.21. The van der Waals surface area contributed by atoms with Crippen LogP contribution in [-0.4, -0.2) is 9.97 Å². The molecule has 0 atom stereocenters. The van der Waals surface area contributed by atoms with Gasteiger partial charge < -0.3 is 5.73 Å². The highest BCUT2D eigenvalue weighted by Gasteiger charge is 2.03. The van der Waals surface area contributed by atoms with Crippen molar-refractivity contribution in [1.29, 1.82) is 0 Å². The van der Waals surface area contributed by atoms with Gasteiger partial charge in [-0.3, -0.25) is 4.98 Å². The van der Waals surface area contributed by atoms with E-state index in [9.17, 15) is 0 Å². The summed E-state index contributed by atoms with van der Waals surface area (Å²) in [5.74, 6) is 0. The van der Waals surface area contributed by atoms with Crippen molar-refractivity contribution in [2.75, 3.05) is 5.73 Å². The molecule has 0 radical (unpaired) electrons. The number of nitrogens with zero attached hydrogens (tertiary/aromatic N) is 2. The van der Waals surface area contributed by atoms with E-state index < -0.39 is 0 Å². The molecular weight excluding hydrogens is 337 g/mol. The van der Waals surface area contributed by atoms with Crippen molar-refractivity contribution in [1.82, 2.24) is 9.97 Å². The molecule has 0 amide bonds. The third-order valence-corrected chi connectivity index (χ3v) is 3.38. The number of fused-ring (bicyclic) bond motifs is 1. The molecule has 0 saturated carbocycles. The molecule has 0 aliphatic heterocycles. The molecule has 0 spiro atoms. The lowest BCUT2D eigenvalue weighted by Gasteiger charge is -2.03. The molecule has 0 aliphatic rings. The van der Waals surface area contributed by atoms with Gasteiger partial charge in [-0.25, -0.2) is 4.98 Å². The average Bonchev–Trinajstić information content (AvgIpc) is 2.39. The molecule has 88 valence electrons. The molecule has 0 bridgehead atoms. The quantitative estimate of drug-likeness (QED) is 0.542. The van der Waals surface area contributed by atoms with Crippen LogP contribution in [0.15, 0.2) is 48.7 Å². The van der Waals surface area contributed by atoms with E-state index in [0.717, 1.165) is 31.5 Å². The summed E-state index contributed by atoms with van der Waals surface area (Å²) in [5.41, 5.74) is 10.1. The number of hydrogen-bond acceptors (Lipinski definition) is 3. The standard InChI is InChI=1S/C14H10IN3/c15-10-3-6-12-13(7-10)17-8-14(18-12)9-1-4-11(16)5-2-9/h1-8H,16H2. The van der Waals surface area contributed by atoms with E-state index in [2.05, 4.69) is 32.6 Å². The maximum absolute atomic E-state index is 5.68. The fourth-order valence-corrected chi connectivity index (χ4v) is 2.25. The van der Waals surface area contributed by atoms with E-state index >= 15 is 0 Å². The minimum absolute atomic E-state index is 0.752. The molecular formula is C14H10IN3. The predicted molar refractivity (Wildman–Crippen MR) is 82.1 cm³/mol. The molecule has 2 aromatic carbocycles. The Labute approximate surface area is 118 Å². The molecule has 0 saturated heterocycles. The van der Waals surface area contributed by atoms with Gasteiger partial charge in [-0.1, -0.05) is 12.1 Å². The largest absolute Gasteiger partial charge is 0.399 e. The fourth-order valence-electron chi connectivity index (χ4n) is 1.78. The Morgan fingerprint density at radius 2 is 1.72 bits per heavy atom. The first kappa shape index (κ1) is 11.4. The van der Waals surface area contributed by atoms with Gasteiger partial charge in [0, 0.05) is 14.8 Å². The summed E-state index contributed by atoms with van der Waals surface area (Å²) in [7, 11) is 0. The number of nitrogen functional groups attached to an aromatic ring is 1. The average molecular weight is 347 g/mol. The second-order valence-corrected chi connectivity index (χ2v) is 5.26. The number of anilines is 1. The molecule has 0 fully saturated rings. The van der Waals surface area contributed by atoms with Crippen molar-refractivity contribution in [2.24, 2.45) is 0 Å². The second kappa shape index (κ2) is 4.53. The number of benzene rings is 2. The Balaban J connectivity index is 2.13. The van der Waals surface area contributed by atoms with Crippen LogP contribution >= 0.6 is 22.6 Å². The van der Waals surface area contributed by atoms with Crippen molar-refractivity contribution in [3.8, 4) is 11.3 Å². The van der Waals surface area contributed by atoms with Gasteiger partial charge in [0.25, 0.3) is 0 Å². The summed E-state index contributed by atoms with van der Waals surface area (Å²) in [4.78, 5) is 9.05. The summed E-state index contributed by atoms with van der Waals surface area (Å²) in [6.07, 6.45) is 1.80. The number of nitrogens with two attached hydrogens (primary N) is 1. The Hall–Kier alpha value is -1.69. The van der Waals surface area contributed by atoms with E-state index in [4.69, 9.17) is 5.73 Å². The van der Waals surface area contributed by atoms with E-state index in [0.29, 0.717) is 0 Å². The number of aromatic nitrogens is 2. The lowest BCUT2D eigenvalue weighted by molar-refractivity contribution is 1.29. The van der Waals surface area contributed by atoms with Crippen LogP contribution in [0.4, 0.5) is 5.69 Å². The molecule has 18 heavy (non-hydrogen) atoms. The SMILES string of the molecule is Nc1ccc(-c2cnc3cc(I)ccc3n2)cc1. The van der Waals surface area contributed by atoms with Gasteiger partial charge >= 0.3 is 0 Å². The first-order chi connectivity index (χ1) is 8.72. The first-order valence-corrected chi connectivity index (χ1v) is 6.58. The minimum atomic E-state index is 0.752. The third-order valence-electron chi connectivity index (χ3n) is 2.71. The molecule has 2 N–H and O–H groups in total. The molecule has 1 aromatic heterocycles. The van der Waals surface area contributed by atoms with Crippen LogP contribution in [-0.2, 0) is 0 Å². The highest BCUT2D eigenvalue weighted by molar-refractivity contribution is 14.1. The van der Waals surface area contributed by atoms with Crippen LogP contribution in [0.3, 0.4) is 0 Å². The molecule has 1 heterocycles. The van der Waals surface area contributed by atoms with Gasteiger partial charge in [0.05, 0.1) is 22.9 Å². The smallest absolute Gasteiger partial charge is 0.0897 e.